The molecule has 1 N–H and O–H groups in total. The number of H-pyrrole nitrogens is 1. The molecule has 1 atom stereocenters. The lowest BCUT2D eigenvalue weighted by molar-refractivity contribution is -0.0937. The van der Waals surface area contributed by atoms with E-state index < -0.39 is 0 Å². The molecule has 18 heavy (non-hydrogen) atoms. The molecule has 1 aliphatic rings. The summed E-state index contributed by atoms with van der Waals surface area (Å²) in [5.74, 6) is 0.560. The molecule has 0 saturated carbocycles. The minimum Gasteiger partial charge on any atom is -0.376 e. The molecule has 6 heteroatoms. The van der Waals surface area contributed by atoms with Crippen LogP contribution in [0.25, 0.3) is 0 Å². The number of halogens is 1. The van der Waals surface area contributed by atoms with Crippen LogP contribution in [0.5, 0.6) is 0 Å². The molecule has 0 bridgehead atoms. The number of hydrogen-bond acceptors (Lipinski definition) is 4. The molecule has 1 aromatic heterocycles. The van der Waals surface area contributed by atoms with Crippen LogP contribution in [0, 0.1) is 3.57 Å². The molecule has 1 fully saturated rings. The first kappa shape index (κ1) is 14.0. The first-order valence-corrected chi connectivity index (χ1v) is 6.97. The fourth-order valence-electron chi connectivity index (χ4n) is 1.77. The number of rotatable bonds is 1. The van der Waals surface area contributed by atoms with Crippen molar-refractivity contribution in [2.75, 3.05) is 19.8 Å². The van der Waals surface area contributed by atoms with Crippen LogP contribution in [0.1, 0.15) is 38.4 Å². The zero-order valence-corrected chi connectivity index (χ0v) is 12.9. The third-order valence-electron chi connectivity index (χ3n) is 2.71. The van der Waals surface area contributed by atoms with Crippen molar-refractivity contribution in [3.63, 3.8) is 0 Å². The predicted octanol–water partition coefficient (Wildman–Crippen LogP) is 1.76. The molecule has 2 heterocycles. The maximum atomic E-state index is 12.0. The topological polar surface area (TPSA) is 64.2 Å². The maximum Gasteiger partial charge on any atom is 0.264 e. The Labute approximate surface area is 119 Å². The summed E-state index contributed by atoms with van der Waals surface area (Å²) < 4.78 is 11.5. The van der Waals surface area contributed by atoms with Gasteiger partial charge in [0.2, 0.25) is 0 Å². The Morgan fingerprint density at radius 1 is 1.39 bits per heavy atom. The second-order valence-electron chi connectivity index (χ2n) is 5.30. The van der Waals surface area contributed by atoms with Crippen LogP contribution in [-0.4, -0.2) is 29.8 Å². The second kappa shape index (κ2) is 5.26. The van der Waals surface area contributed by atoms with Crippen LogP contribution in [-0.2, 0) is 14.9 Å². The van der Waals surface area contributed by atoms with Gasteiger partial charge in [-0.2, -0.15) is 0 Å². The van der Waals surface area contributed by atoms with Crippen molar-refractivity contribution >= 4 is 22.6 Å². The van der Waals surface area contributed by atoms with Crippen molar-refractivity contribution in [2.45, 2.75) is 32.3 Å². The fraction of sp³-hybridized carbons (Fsp3) is 0.667. The van der Waals surface area contributed by atoms with Crippen molar-refractivity contribution < 1.29 is 9.47 Å². The highest BCUT2D eigenvalue weighted by atomic mass is 127. The Morgan fingerprint density at radius 3 is 2.67 bits per heavy atom. The fourth-order valence-corrected chi connectivity index (χ4v) is 2.84. The number of aromatic nitrogens is 2. The molecule has 5 nitrogen and oxygen atoms in total. The van der Waals surface area contributed by atoms with Crippen LogP contribution in [0.2, 0.25) is 0 Å². The molecular weight excluding hydrogens is 347 g/mol. The normalized spacial score (nSPS) is 21.0. The first-order chi connectivity index (χ1) is 8.39. The van der Waals surface area contributed by atoms with E-state index in [-0.39, 0.29) is 17.1 Å². The average Bonchev–Trinajstić information content (AvgIpc) is 2.32. The molecule has 0 radical (unpaired) electrons. The summed E-state index contributed by atoms with van der Waals surface area (Å²) in [5, 5.41) is 0. The lowest BCUT2D eigenvalue weighted by Gasteiger charge is -2.25. The molecule has 100 valence electrons. The van der Waals surface area contributed by atoms with Crippen LogP contribution in [0.15, 0.2) is 4.79 Å². The number of ether oxygens (including phenoxy) is 2. The van der Waals surface area contributed by atoms with Crippen molar-refractivity contribution in [1.29, 1.82) is 0 Å². The average molecular weight is 364 g/mol. The maximum absolute atomic E-state index is 12.0. The highest BCUT2D eigenvalue weighted by molar-refractivity contribution is 14.1. The predicted molar refractivity (Wildman–Crippen MR) is 75.8 cm³/mol. The van der Waals surface area contributed by atoms with E-state index in [4.69, 9.17) is 9.47 Å². The number of nitrogens with one attached hydrogen (secondary N) is 1. The van der Waals surface area contributed by atoms with E-state index in [2.05, 4.69) is 9.97 Å². The lowest BCUT2D eigenvalue weighted by atomic mass is 9.92. The highest BCUT2D eigenvalue weighted by Crippen LogP contribution is 2.25. The van der Waals surface area contributed by atoms with Crippen LogP contribution in [0.4, 0.5) is 0 Å². The van der Waals surface area contributed by atoms with E-state index in [1.54, 1.807) is 0 Å². The molecule has 1 unspecified atom stereocenters. The molecule has 0 aromatic carbocycles. The smallest absolute Gasteiger partial charge is 0.264 e. The van der Waals surface area contributed by atoms with E-state index in [1.165, 1.54) is 0 Å². The summed E-state index contributed by atoms with van der Waals surface area (Å²) in [4.78, 5) is 19.3. The molecule has 0 amide bonds. The third kappa shape index (κ3) is 2.92. The van der Waals surface area contributed by atoms with Gasteiger partial charge in [0.25, 0.3) is 5.56 Å². The summed E-state index contributed by atoms with van der Waals surface area (Å²) in [6, 6.07) is 0. The second-order valence-corrected chi connectivity index (χ2v) is 6.38. The monoisotopic (exact) mass is 364 g/mol. The van der Waals surface area contributed by atoms with Gasteiger partial charge in [-0.1, -0.05) is 20.8 Å². The molecular formula is C12H17IN2O3. The van der Waals surface area contributed by atoms with Crippen LogP contribution >= 0.6 is 22.6 Å². The molecule has 1 saturated heterocycles. The van der Waals surface area contributed by atoms with Crippen LogP contribution < -0.4 is 5.56 Å². The largest absolute Gasteiger partial charge is 0.376 e. The van der Waals surface area contributed by atoms with Crippen LogP contribution in [0.3, 0.4) is 0 Å². The van der Waals surface area contributed by atoms with E-state index in [9.17, 15) is 4.79 Å². The van der Waals surface area contributed by atoms with Gasteiger partial charge in [-0.25, -0.2) is 4.98 Å². The number of nitrogens with zero attached hydrogens (tertiary/aromatic N) is 1. The quantitative estimate of drug-likeness (QED) is 0.772. The SMILES string of the molecule is CC(C)(C)c1nc(C2COCCO2)[nH]c(=O)c1I. The molecule has 1 aliphatic heterocycles. The minimum absolute atomic E-state index is 0.111. The summed E-state index contributed by atoms with van der Waals surface area (Å²) >= 11 is 2.04. The van der Waals surface area contributed by atoms with Gasteiger partial charge < -0.3 is 14.5 Å². The van der Waals surface area contributed by atoms with Crippen molar-refractivity contribution in [1.82, 2.24) is 9.97 Å². The Morgan fingerprint density at radius 2 is 2.11 bits per heavy atom. The first-order valence-electron chi connectivity index (χ1n) is 5.89. The van der Waals surface area contributed by atoms with Gasteiger partial charge in [0, 0.05) is 5.41 Å². The summed E-state index contributed by atoms with van der Waals surface area (Å²) in [6.07, 6.45) is -0.274. The highest BCUT2D eigenvalue weighted by Gasteiger charge is 2.25. The number of hydrogen-bond donors (Lipinski definition) is 1. The van der Waals surface area contributed by atoms with E-state index in [1.807, 2.05) is 43.4 Å². The Balaban J connectivity index is 2.44. The Bertz CT molecular complexity index is 487. The van der Waals surface area contributed by atoms with E-state index in [0.717, 1.165) is 5.69 Å². The third-order valence-corrected chi connectivity index (χ3v) is 3.71. The molecule has 0 aliphatic carbocycles. The van der Waals surface area contributed by atoms with Gasteiger partial charge in [-0.05, 0) is 22.6 Å². The Kier molecular flexibility index (Phi) is 4.08. The van der Waals surface area contributed by atoms with E-state index in [0.29, 0.717) is 29.2 Å². The van der Waals surface area contributed by atoms with Gasteiger partial charge in [0.05, 0.1) is 25.5 Å². The van der Waals surface area contributed by atoms with Crippen molar-refractivity contribution in [3.8, 4) is 0 Å². The van der Waals surface area contributed by atoms with E-state index >= 15 is 0 Å². The Hall–Kier alpha value is -0.470. The molecule has 1 aromatic rings. The van der Waals surface area contributed by atoms with Gasteiger partial charge in [-0.3, -0.25) is 4.79 Å². The standard InChI is InChI=1S/C12H17IN2O3/c1-12(2,3)9-8(13)11(16)15-10(14-9)7-6-17-4-5-18-7/h7H,4-6H2,1-3H3,(H,14,15,16). The van der Waals surface area contributed by atoms with Gasteiger partial charge in [0.1, 0.15) is 15.5 Å². The zero-order valence-electron chi connectivity index (χ0n) is 10.7. The summed E-state index contributed by atoms with van der Waals surface area (Å²) in [7, 11) is 0. The van der Waals surface area contributed by atoms with Gasteiger partial charge in [-0.15, -0.1) is 0 Å². The van der Waals surface area contributed by atoms with Gasteiger partial charge >= 0.3 is 0 Å². The zero-order chi connectivity index (χ0) is 13.3. The summed E-state index contributed by atoms with van der Waals surface area (Å²) in [5.41, 5.74) is 0.519. The number of aromatic amines is 1. The van der Waals surface area contributed by atoms with Gasteiger partial charge in [0.15, 0.2) is 0 Å². The molecule has 2 rings (SSSR count). The minimum atomic E-state index is -0.274. The summed E-state index contributed by atoms with van der Waals surface area (Å²) in [6.45, 7) is 7.69. The van der Waals surface area contributed by atoms with Crippen molar-refractivity contribution in [3.05, 3.63) is 25.4 Å². The molecule has 0 spiro atoms. The lowest BCUT2D eigenvalue weighted by Crippen LogP contribution is -2.30. The van der Waals surface area contributed by atoms with Crippen molar-refractivity contribution in [2.24, 2.45) is 0 Å².